The lowest BCUT2D eigenvalue weighted by Gasteiger charge is -2.22. The van der Waals surface area contributed by atoms with Crippen molar-refractivity contribution in [2.75, 3.05) is 37.4 Å². The van der Waals surface area contributed by atoms with Crippen molar-refractivity contribution >= 4 is 27.3 Å². The highest BCUT2D eigenvalue weighted by Gasteiger charge is 2.24. The van der Waals surface area contributed by atoms with Crippen LogP contribution in [0, 0.1) is 11.3 Å². The molecule has 28 heavy (non-hydrogen) atoms. The van der Waals surface area contributed by atoms with E-state index in [4.69, 9.17) is 5.26 Å². The minimum absolute atomic E-state index is 0.0661. The Morgan fingerprint density at radius 2 is 1.86 bits per heavy atom. The largest absolute Gasteiger partial charge is 0.371 e. The van der Waals surface area contributed by atoms with E-state index < -0.39 is 15.9 Å². The zero-order valence-corrected chi connectivity index (χ0v) is 16.7. The molecule has 7 nitrogen and oxygen atoms in total. The number of amides is 1. The Balaban J connectivity index is 2.02. The molecule has 2 aromatic carbocycles. The van der Waals surface area contributed by atoms with Gasteiger partial charge in [-0.15, -0.1) is 0 Å². The van der Waals surface area contributed by atoms with E-state index in [9.17, 15) is 13.2 Å². The van der Waals surface area contributed by atoms with Gasteiger partial charge in [-0.25, -0.2) is 12.7 Å². The summed E-state index contributed by atoms with van der Waals surface area (Å²) in [5, 5.41) is 11.8. The van der Waals surface area contributed by atoms with Crippen molar-refractivity contribution in [1.82, 2.24) is 4.31 Å². The van der Waals surface area contributed by atoms with Crippen LogP contribution in [0.2, 0.25) is 0 Å². The molecule has 0 radical (unpaired) electrons. The van der Waals surface area contributed by atoms with Crippen LogP contribution in [0.1, 0.15) is 28.8 Å². The van der Waals surface area contributed by atoms with E-state index in [1.54, 1.807) is 30.3 Å². The van der Waals surface area contributed by atoms with Crippen LogP contribution in [-0.2, 0) is 10.0 Å². The number of anilines is 2. The maximum absolute atomic E-state index is 13.0. The van der Waals surface area contributed by atoms with E-state index >= 15 is 0 Å². The molecule has 1 aliphatic rings. The number of nitrogens with zero attached hydrogens (tertiary/aromatic N) is 3. The smallest absolute Gasteiger partial charge is 0.257 e. The van der Waals surface area contributed by atoms with Crippen LogP contribution in [0.5, 0.6) is 0 Å². The van der Waals surface area contributed by atoms with E-state index in [1.165, 1.54) is 26.2 Å². The Morgan fingerprint density at radius 1 is 1.14 bits per heavy atom. The Kier molecular flexibility index (Phi) is 5.68. The first kappa shape index (κ1) is 19.9. The summed E-state index contributed by atoms with van der Waals surface area (Å²) >= 11 is 0. The van der Waals surface area contributed by atoms with Crippen molar-refractivity contribution in [1.29, 1.82) is 5.26 Å². The fourth-order valence-electron chi connectivity index (χ4n) is 3.17. The number of benzene rings is 2. The first-order valence-electron chi connectivity index (χ1n) is 8.96. The van der Waals surface area contributed by atoms with Crippen molar-refractivity contribution in [2.24, 2.45) is 0 Å². The number of carbonyl (C=O) groups excluding carboxylic acids is 1. The van der Waals surface area contributed by atoms with E-state index in [-0.39, 0.29) is 4.90 Å². The van der Waals surface area contributed by atoms with Gasteiger partial charge in [-0.3, -0.25) is 4.79 Å². The predicted octanol–water partition coefficient (Wildman–Crippen LogP) is 2.66. The number of hydrogen-bond donors (Lipinski definition) is 1. The molecule has 8 heteroatoms. The maximum atomic E-state index is 13.0. The SMILES string of the molecule is CN(C)S(=O)(=O)c1ccc(N2CCCC2)c(C(=O)Nc2cccc(C#N)c2)c1. The van der Waals surface area contributed by atoms with Gasteiger partial charge in [0.05, 0.1) is 22.1 Å². The number of nitriles is 1. The summed E-state index contributed by atoms with van der Waals surface area (Å²) in [4.78, 5) is 15.2. The zero-order valence-electron chi connectivity index (χ0n) is 15.8. The Hall–Kier alpha value is -2.89. The number of carbonyl (C=O) groups is 1. The standard InChI is InChI=1S/C20H22N4O3S/c1-23(2)28(26,27)17-8-9-19(24-10-3-4-11-24)18(13-17)20(25)22-16-7-5-6-15(12-16)14-21/h5-9,12-13H,3-4,10-11H2,1-2H3,(H,22,25). The van der Waals surface area contributed by atoms with Crippen LogP contribution >= 0.6 is 0 Å². The van der Waals surface area contributed by atoms with Gasteiger partial charge in [0.25, 0.3) is 5.91 Å². The van der Waals surface area contributed by atoms with Gasteiger partial charge in [0, 0.05) is 38.6 Å². The molecule has 1 N–H and O–H groups in total. The summed E-state index contributed by atoms with van der Waals surface area (Å²) in [5.74, 6) is -0.409. The second-order valence-electron chi connectivity index (χ2n) is 6.81. The predicted molar refractivity (Wildman–Crippen MR) is 108 cm³/mol. The first-order valence-corrected chi connectivity index (χ1v) is 10.4. The normalized spacial score (nSPS) is 14.1. The van der Waals surface area contributed by atoms with Crippen LogP contribution in [0.3, 0.4) is 0 Å². The second-order valence-corrected chi connectivity index (χ2v) is 8.96. The lowest BCUT2D eigenvalue weighted by molar-refractivity contribution is 0.102. The van der Waals surface area contributed by atoms with Gasteiger partial charge < -0.3 is 10.2 Å². The molecule has 2 aromatic rings. The highest BCUT2D eigenvalue weighted by atomic mass is 32.2. The van der Waals surface area contributed by atoms with Crippen molar-refractivity contribution in [3.8, 4) is 6.07 Å². The van der Waals surface area contributed by atoms with Crippen molar-refractivity contribution in [3.63, 3.8) is 0 Å². The van der Waals surface area contributed by atoms with Gasteiger partial charge in [-0.05, 0) is 49.2 Å². The summed E-state index contributed by atoms with van der Waals surface area (Å²) in [7, 11) is -0.755. The van der Waals surface area contributed by atoms with Crippen molar-refractivity contribution in [2.45, 2.75) is 17.7 Å². The molecular weight excluding hydrogens is 376 g/mol. The number of sulfonamides is 1. The Bertz CT molecular complexity index is 1040. The van der Waals surface area contributed by atoms with Gasteiger partial charge in [-0.2, -0.15) is 5.26 Å². The minimum atomic E-state index is -3.66. The molecule has 1 heterocycles. The second kappa shape index (κ2) is 8.00. The van der Waals surface area contributed by atoms with Gasteiger partial charge in [-0.1, -0.05) is 6.07 Å². The van der Waals surface area contributed by atoms with Crippen molar-refractivity contribution < 1.29 is 13.2 Å². The van der Waals surface area contributed by atoms with Crippen LogP contribution < -0.4 is 10.2 Å². The molecule has 1 amide bonds. The molecule has 1 aliphatic heterocycles. The summed E-state index contributed by atoms with van der Waals surface area (Å²) in [6.07, 6.45) is 2.06. The van der Waals surface area contributed by atoms with E-state index in [1.807, 2.05) is 6.07 Å². The Labute approximate surface area is 165 Å². The summed E-state index contributed by atoms with van der Waals surface area (Å²) in [6.45, 7) is 1.65. The van der Waals surface area contributed by atoms with E-state index in [2.05, 4.69) is 10.2 Å². The van der Waals surface area contributed by atoms with Crippen LogP contribution in [0.15, 0.2) is 47.4 Å². The first-order chi connectivity index (χ1) is 13.3. The molecule has 0 atom stereocenters. The highest BCUT2D eigenvalue weighted by molar-refractivity contribution is 7.89. The summed E-state index contributed by atoms with van der Waals surface area (Å²) in [5.41, 5.74) is 1.93. The fourth-order valence-corrected chi connectivity index (χ4v) is 4.10. The highest BCUT2D eigenvalue weighted by Crippen LogP contribution is 2.29. The quantitative estimate of drug-likeness (QED) is 0.836. The third-order valence-corrected chi connectivity index (χ3v) is 6.50. The molecule has 1 saturated heterocycles. The molecule has 0 saturated carbocycles. The molecule has 0 aromatic heterocycles. The summed E-state index contributed by atoms with van der Waals surface area (Å²) in [6, 6.07) is 13.3. The summed E-state index contributed by atoms with van der Waals surface area (Å²) < 4.78 is 26.2. The topological polar surface area (TPSA) is 93.5 Å². The number of rotatable bonds is 5. The third-order valence-electron chi connectivity index (χ3n) is 4.69. The van der Waals surface area contributed by atoms with Gasteiger partial charge in [0.2, 0.25) is 10.0 Å². The lowest BCUT2D eigenvalue weighted by Crippen LogP contribution is -2.25. The molecule has 0 unspecified atom stereocenters. The molecule has 3 rings (SSSR count). The third kappa shape index (κ3) is 4.01. The molecule has 1 fully saturated rings. The molecular formula is C20H22N4O3S. The van der Waals surface area contributed by atoms with E-state index in [0.29, 0.717) is 22.5 Å². The van der Waals surface area contributed by atoms with Gasteiger partial charge in [0.15, 0.2) is 0 Å². The van der Waals surface area contributed by atoms with Crippen molar-refractivity contribution in [3.05, 3.63) is 53.6 Å². The minimum Gasteiger partial charge on any atom is -0.371 e. The Morgan fingerprint density at radius 3 is 2.50 bits per heavy atom. The van der Waals surface area contributed by atoms with E-state index in [0.717, 1.165) is 30.2 Å². The van der Waals surface area contributed by atoms with Crippen LogP contribution in [-0.4, -0.2) is 45.8 Å². The fraction of sp³-hybridized carbons (Fsp3) is 0.300. The molecule has 0 aliphatic carbocycles. The zero-order chi connectivity index (χ0) is 20.3. The lowest BCUT2D eigenvalue weighted by atomic mass is 10.1. The average molecular weight is 398 g/mol. The van der Waals surface area contributed by atoms with Gasteiger partial charge >= 0.3 is 0 Å². The molecule has 146 valence electrons. The number of hydrogen-bond acceptors (Lipinski definition) is 5. The van der Waals surface area contributed by atoms with Gasteiger partial charge in [0.1, 0.15) is 0 Å². The number of nitrogens with one attached hydrogen (secondary N) is 1. The molecule has 0 spiro atoms. The van der Waals surface area contributed by atoms with Crippen LogP contribution in [0.25, 0.3) is 0 Å². The van der Waals surface area contributed by atoms with Crippen LogP contribution in [0.4, 0.5) is 11.4 Å². The average Bonchev–Trinajstić information content (AvgIpc) is 3.22. The maximum Gasteiger partial charge on any atom is 0.257 e. The molecule has 0 bridgehead atoms. The monoisotopic (exact) mass is 398 g/mol.